The molecule has 0 spiro atoms. The third-order valence-corrected chi connectivity index (χ3v) is 7.29. The second-order valence-electron chi connectivity index (χ2n) is 12.8. The van der Waals surface area contributed by atoms with Crippen LogP contribution in [0.25, 0.3) is 0 Å². The molecule has 0 amide bonds. The number of hydrogen-bond donors (Lipinski definition) is 0. The van der Waals surface area contributed by atoms with Gasteiger partial charge in [0.05, 0.1) is 0 Å². The molecule has 0 unspecified atom stereocenters. The second-order valence-corrected chi connectivity index (χ2v) is 12.8. The molecule has 0 bridgehead atoms. The highest BCUT2D eigenvalue weighted by atomic mass is 14.1. The zero-order valence-corrected chi connectivity index (χ0v) is 26.5. The monoisotopic (exact) mass is 477 g/mol. The van der Waals surface area contributed by atoms with Crippen LogP contribution in [0.15, 0.2) is 36.0 Å². The largest absolute Gasteiger partial charge is 0.0996 e. The summed E-state index contributed by atoms with van der Waals surface area (Å²) in [5, 5.41) is 0. The number of allylic oxidation sites excluding steroid dienone is 4. The van der Waals surface area contributed by atoms with E-state index in [4.69, 9.17) is 0 Å². The summed E-state index contributed by atoms with van der Waals surface area (Å²) < 4.78 is 0. The van der Waals surface area contributed by atoms with E-state index in [9.17, 15) is 0 Å². The SMILES string of the molecule is C=C(CCC=C(C)C)C(C)C.C=C(CC[C@@H](C)C(C)C)C(C)C.CC(C)CCC[C@@H](C)C(C)C. The van der Waals surface area contributed by atoms with Crippen LogP contribution in [0.2, 0.25) is 0 Å². The van der Waals surface area contributed by atoms with Crippen LogP contribution in [-0.4, -0.2) is 0 Å². The molecule has 0 aromatic heterocycles. The quantitative estimate of drug-likeness (QED) is 0.219. The van der Waals surface area contributed by atoms with E-state index in [2.05, 4.69) is 116 Å². The van der Waals surface area contributed by atoms with Crippen LogP contribution in [0, 0.1) is 41.4 Å². The summed E-state index contributed by atoms with van der Waals surface area (Å²) in [5.74, 6) is 5.60. The van der Waals surface area contributed by atoms with Gasteiger partial charge in [-0.05, 0) is 81.0 Å². The Hall–Kier alpha value is -0.780. The molecule has 0 heterocycles. The van der Waals surface area contributed by atoms with Crippen LogP contribution < -0.4 is 0 Å². The van der Waals surface area contributed by atoms with E-state index in [0.29, 0.717) is 11.8 Å². The van der Waals surface area contributed by atoms with E-state index in [1.54, 1.807) is 0 Å². The normalized spacial score (nSPS) is 12.8. The highest BCUT2D eigenvalue weighted by Crippen LogP contribution is 2.21. The Kier molecular flexibility index (Phi) is 25.2. The van der Waals surface area contributed by atoms with Crippen molar-refractivity contribution in [3.8, 4) is 0 Å². The highest BCUT2D eigenvalue weighted by Gasteiger charge is 2.08. The lowest BCUT2D eigenvalue weighted by molar-refractivity contribution is 0.366. The molecular formula is C34H68. The van der Waals surface area contributed by atoms with Gasteiger partial charge in [0.1, 0.15) is 0 Å². The first-order chi connectivity index (χ1) is 15.5. The minimum Gasteiger partial charge on any atom is -0.0996 e. The Morgan fingerprint density at radius 1 is 0.588 bits per heavy atom. The minimum atomic E-state index is 0.639. The van der Waals surface area contributed by atoms with E-state index in [1.165, 1.54) is 48.8 Å². The number of rotatable bonds is 14. The van der Waals surface area contributed by atoms with Crippen molar-refractivity contribution in [2.24, 2.45) is 41.4 Å². The maximum absolute atomic E-state index is 4.09. The van der Waals surface area contributed by atoms with Crippen LogP contribution >= 0.6 is 0 Å². The van der Waals surface area contributed by atoms with Gasteiger partial charge in [-0.2, -0.15) is 0 Å². The first-order valence-corrected chi connectivity index (χ1v) is 14.5. The third-order valence-electron chi connectivity index (χ3n) is 7.29. The van der Waals surface area contributed by atoms with Gasteiger partial charge >= 0.3 is 0 Å². The molecule has 34 heavy (non-hydrogen) atoms. The molecular weight excluding hydrogens is 408 g/mol. The fourth-order valence-electron chi connectivity index (χ4n) is 3.05. The molecule has 0 aliphatic heterocycles. The fraction of sp³-hybridized carbons (Fsp3) is 0.824. The summed E-state index contributed by atoms with van der Waals surface area (Å²) in [6, 6.07) is 0. The molecule has 0 heteroatoms. The minimum absolute atomic E-state index is 0.639. The third kappa shape index (κ3) is 27.5. The van der Waals surface area contributed by atoms with Gasteiger partial charge in [-0.3, -0.25) is 0 Å². The number of hydrogen-bond acceptors (Lipinski definition) is 0. The van der Waals surface area contributed by atoms with E-state index in [0.717, 1.165) is 42.4 Å². The molecule has 0 radical (unpaired) electrons. The van der Waals surface area contributed by atoms with Crippen LogP contribution in [0.3, 0.4) is 0 Å². The maximum Gasteiger partial charge on any atom is -0.0263 e. The Bertz CT molecular complexity index is 508. The van der Waals surface area contributed by atoms with Gasteiger partial charge in [0.15, 0.2) is 0 Å². The van der Waals surface area contributed by atoms with Crippen molar-refractivity contribution < 1.29 is 0 Å². The van der Waals surface area contributed by atoms with Crippen LogP contribution in [0.5, 0.6) is 0 Å². The van der Waals surface area contributed by atoms with E-state index < -0.39 is 0 Å². The average Bonchev–Trinajstić information content (AvgIpc) is 2.71. The molecule has 0 N–H and O–H groups in total. The summed E-state index contributed by atoms with van der Waals surface area (Å²) in [5.41, 5.74) is 4.17. The van der Waals surface area contributed by atoms with Crippen molar-refractivity contribution in [3.05, 3.63) is 36.0 Å². The van der Waals surface area contributed by atoms with E-state index >= 15 is 0 Å². The summed E-state index contributed by atoms with van der Waals surface area (Å²) in [7, 11) is 0. The van der Waals surface area contributed by atoms with Crippen molar-refractivity contribution in [3.63, 3.8) is 0 Å². The zero-order valence-electron chi connectivity index (χ0n) is 26.5. The summed E-state index contributed by atoms with van der Waals surface area (Å²) in [4.78, 5) is 0. The molecule has 0 aliphatic carbocycles. The van der Waals surface area contributed by atoms with E-state index in [-0.39, 0.29) is 0 Å². The highest BCUT2D eigenvalue weighted by molar-refractivity contribution is 5.01. The van der Waals surface area contributed by atoms with Gasteiger partial charge < -0.3 is 0 Å². The van der Waals surface area contributed by atoms with Crippen molar-refractivity contribution in [1.29, 1.82) is 0 Å². The van der Waals surface area contributed by atoms with Crippen molar-refractivity contribution in [2.45, 2.75) is 142 Å². The maximum atomic E-state index is 4.09. The van der Waals surface area contributed by atoms with E-state index in [1.807, 2.05) is 0 Å². The van der Waals surface area contributed by atoms with Gasteiger partial charge in [0, 0.05) is 0 Å². The molecule has 204 valence electrons. The Morgan fingerprint density at radius 2 is 1.00 bits per heavy atom. The molecule has 0 saturated heterocycles. The lowest BCUT2D eigenvalue weighted by Gasteiger charge is -2.17. The first-order valence-electron chi connectivity index (χ1n) is 14.5. The summed E-state index contributed by atoms with van der Waals surface area (Å²) in [6.45, 7) is 39.8. The average molecular weight is 477 g/mol. The topological polar surface area (TPSA) is 0 Å². The molecule has 0 aromatic rings. The first kappa shape index (κ1) is 37.8. The van der Waals surface area contributed by atoms with Gasteiger partial charge in [-0.1, -0.05) is 138 Å². The van der Waals surface area contributed by atoms with Gasteiger partial charge in [0.2, 0.25) is 0 Å². The smallest absolute Gasteiger partial charge is 0.0263 e. The standard InChI is InChI=1S/C12H24.C11H24.C11H20/c1-9(2)11(5)7-8-12(6)10(3)4;2*1-9(2)7-6-8-11(5)10(3)4/h9-10,12H,5,7-8H2,1-4,6H3;9-11H,6-8H2,1-5H3;7,10H,5-6,8H2,1-4H3/t12-;11-;/m11./s1. The molecule has 0 aromatic carbocycles. The van der Waals surface area contributed by atoms with Gasteiger partial charge in [-0.15, -0.1) is 0 Å². The lowest BCUT2D eigenvalue weighted by atomic mass is 9.89. The van der Waals surface area contributed by atoms with Crippen molar-refractivity contribution in [1.82, 2.24) is 0 Å². The predicted octanol–water partition coefficient (Wildman–Crippen LogP) is 12.3. The van der Waals surface area contributed by atoms with Gasteiger partial charge in [0.25, 0.3) is 0 Å². The second kappa shape index (κ2) is 22.7. The van der Waals surface area contributed by atoms with Crippen LogP contribution in [-0.2, 0) is 0 Å². The summed E-state index contributed by atoms with van der Waals surface area (Å²) in [6.07, 6.45) is 11.3. The molecule has 0 aliphatic rings. The Morgan fingerprint density at radius 3 is 1.35 bits per heavy atom. The van der Waals surface area contributed by atoms with Crippen LogP contribution in [0.4, 0.5) is 0 Å². The molecule has 2 atom stereocenters. The summed E-state index contributed by atoms with van der Waals surface area (Å²) >= 11 is 0. The molecule has 0 fully saturated rings. The van der Waals surface area contributed by atoms with Crippen LogP contribution in [0.1, 0.15) is 142 Å². The van der Waals surface area contributed by atoms with Gasteiger partial charge in [-0.25, -0.2) is 0 Å². The Balaban J connectivity index is -0.000000425. The fourth-order valence-corrected chi connectivity index (χ4v) is 3.05. The van der Waals surface area contributed by atoms with Crippen molar-refractivity contribution >= 4 is 0 Å². The molecule has 0 saturated carbocycles. The lowest BCUT2D eigenvalue weighted by Crippen LogP contribution is -2.05. The predicted molar refractivity (Wildman–Crippen MR) is 163 cm³/mol. The van der Waals surface area contributed by atoms with Crippen molar-refractivity contribution in [2.75, 3.05) is 0 Å². The Labute approximate surface area is 219 Å². The molecule has 0 rings (SSSR count). The zero-order chi connectivity index (χ0) is 27.4. The molecule has 0 nitrogen and oxygen atoms in total.